The molecule has 4 aromatic heterocycles. The molecule has 0 bridgehead atoms. The zero-order valence-electron chi connectivity index (χ0n) is 31.6. The lowest BCUT2D eigenvalue weighted by Crippen LogP contribution is -2.00. The molecule has 7 aromatic carbocycles. The van der Waals surface area contributed by atoms with Crippen LogP contribution in [0.3, 0.4) is 0 Å². The Labute approximate surface area is 344 Å². The highest BCUT2D eigenvalue weighted by Gasteiger charge is 2.18. The van der Waals surface area contributed by atoms with Gasteiger partial charge >= 0.3 is 0 Å². The minimum absolute atomic E-state index is 0.638. The largest absolute Gasteiger partial charge is 0.245 e. The van der Waals surface area contributed by atoms with Crippen LogP contribution in [0.25, 0.3) is 110 Å². The van der Waals surface area contributed by atoms with E-state index in [0.717, 1.165) is 87.0 Å². The van der Waals surface area contributed by atoms with Gasteiger partial charge in [0.25, 0.3) is 0 Å². The van der Waals surface area contributed by atoms with Gasteiger partial charge in [-0.3, -0.25) is 0 Å². The first kappa shape index (κ1) is 34.5. The average Bonchev–Trinajstić information content (AvgIpc) is 3.70. The Kier molecular flexibility index (Phi) is 8.56. The van der Waals surface area contributed by atoms with Crippen LogP contribution in [-0.4, -0.2) is 29.9 Å². The Morgan fingerprint density at radius 1 is 0.322 bits per heavy atom. The Bertz CT molecular complexity index is 3240. The number of aromatic nitrogens is 6. The van der Waals surface area contributed by atoms with Gasteiger partial charge in [0, 0.05) is 45.0 Å². The molecule has 0 radical (unpaired) electrons. The second-order valence-electron chi connectivity index (χ2n) is 14.4. The van der Waals surface area contributed by atoms with E-state index in [-0.39, 0.29) is 0 Å². The van der Waals surface area contributed by atoms with E-state index in [2.05, 4.69) is 103 Å². The van der Waals surface area contributed by atoms with Crippen LogP contribution in [0.4, 0.5) is 0 Å². The van der Waals surface area contributed by atoms with Gasteiger partial charge < -0.3 is 0 Å². The lowest BCUT2D eigenvalue weighted by atomic mass is 9.97. The molecule has 59 heavy (non-hydrogen) atoms. The normalized spacial score (nSPS) is 11.4. The molecule has 4 heterocycles. The first-order valence-electron chi connectivity index (χ1n) is 19.4. The van der Waals surface area contributed by atoms with E-state index in [9.17, 15) is 0 Å². The van der Waals surface area contributed by atoms with Crippen LogP contribution < -0.4 is 0 Å². The fourth-order valence-electron chi connectivity index (χ4n) is 7.55. The summed E-state index contributed by atoms with van der Waals surface area (Å²) in [6.07, 6.45) is 1.97. The minimum atomic E-state index is 0.638. The lowest BCUT2D eigenvalue weighted by Gasteiger charge is -2.10. The molecular formula is C52H32N6S. The van der Waals surface area contributed by atoms with Crippen molar-refractivity contribution in [3.8, 4) is 79.1 Å². The molecule has 0 aliphatic rings. The molecule has 11 aromatic rings. The van der Waals surface area contributed by atoms with Crippen molar-refractivity contribution in [1.82, 2.24) is 29.9 Å². The maximum absolute atomic E-state index is 5.15. The summed E-state index contributed by atoms with van der Waals surface area (Å²) >= 11 is 1.65. The predicted octanol–water partition coefficient (Wildman–Crippen LogP) is 13.2. The van der Waals surface area contributed by atoms with Crippen molar-refractivity contribution in [3.05, 3.63) is 194 Å². The highest BCUT2D eigenvalue weighted by molar-refractivity contribution is 7.25. The summed E-state index contributed by atoms with van der Waals surface area (Å²) in [6, 6.07) is 64.6. The zero-order chi connectivity index (χ0) is 39.1. The monoisotopic (exact) mass is 772 g/mol. The van der Waals surface area contributed by atoms with Gasteiger partial charge in [0.2, 0.25) is 0 Å². The summed E-state index contributed by atoms with van der Waals surface area (Å²) in [4.78, 5) is 30.8. The Balaban J connectivity index is 0.922. The fourth-order valence-corrected chi connectivity index (χ4v) is 8.63. The van der Waals surface area contributed by atoms with E-state index in [0.29, 0.717) is 23.3 Å². The molecule has 0 fully saturated rings. The van der Waals surface area contributed by atoms with Gasteiger partial charge in [0.1, 0.15) is 4.83 Å². The Morgan fingerprint density at radius 3 is 1.27 bits per heavy atom. The molecule has 7 heteroatoms. The molecule has 11 rings (SSSR count). The van der Waals surface area contributed by atoms with Crippen LogP contribution in [0.2, 0.25) is 0 Å². The van der Waals surface area contributed by atoms with E-state index in [4.69, 9.17) is 29.9 Å². The van der Waals surface area contributed by atoms with Crippen LogP contribution in [-0.2, 0) is 0 Å². The summed E-state index contributed by atoms with van der Waals surface area (Å²) in [7, 11) is 0. The van der Waals surface area contributed by atoms with Gasteiger partial charge in [-0.05, 0) is 45.7 Å². The molecule has 0 aliphatic heterocycles. The van der Waals surface area contributed by atoms with E-state index in [1.54, 1.807) is 11.3 Å². The Morgan fingerprint density at radius 2 is 0.746 bits per heavy atom. The third-order valence-corrected chi connectivity index (χ3v) is 11.7. The molecule has 6 nitrogen and oxygen atoms in total. The number of hydrogen-bond acceptors (Lipinski definition) is 7. The number of thiophene rings is 1. The molecule has 276 valence electrons. The minimum Gasteiger partial charge on any atom is -0.245 e. The number of nitrogens with zero attached hydrogens (tertiary/aromatic N) is 6. The fraction of sp³-hybridized carbons (Fsp3) is 0. The summed E-state index contributed by atoms with van der Waals surface area (Å²) in [5.74, 6) is 2.64. The molecule has 0 saturated heterocycles. The standard InChI is InChI=1S/C52H32N6S/c1-5-13-34(14-6-1)45-47-46(55-48(54-45)35-15-7-2-8-16-35)44-31-43(32-53-52(44)59-47)42-28-27-40-29-39(25-26-41(40)30-42)33-21-23-38(24-22-33)51-57-49(36-17-9-3-10-18-36)56-50(58-51)37-19-11-4-12-20-37/h1-32H. The maximum atomic E-state index is 5.15. The number of hydrogen-bond donors (Lipinski definition) is 0. The average molecular weight is 773 g/mol. The van der Waals surface area contributed by atoms with Crippen molar-refractivity contribution in [1.29, 1.82) is 0 Å². The predicted molar refractivity (Wildman–Crippen MR) is 242 cm³/mol. The molecule has 0 atom stereocenters. The Hall–Kier alpha value is -7.74. The van der Waals surface area contributed by atoms with Gasteiger partial charge in [-0.15, -0.1) is 11.3 Å². The second kappa shape index (κ2) is 14.6. The summed E-state index contributed by atoms with van der Waals surface area (Å²) in [6.45, 7) is 0. The van der Waals surface area contributed by atoms with E-state index in [1.807, 2.05) is 91.1 Å². The quantitative estimate of drug-likeness (QED) is 0.161. The van der Waals surface area contributed by atoms with Crippen LogP contribution in [0.5, 0.6) is 0 Å². The maximum Gasteiger partial charge on any atom is 0.164 e. The topological polar surface area (TPSA) is 77.3 Å². The van der Waals surface area contributed by atoms with Crippen LogP contribution >= 0.6 is 11.3 Å². The van der Waals surface area contributed by atoms with Gasteiger partial charge in [-0.25, -0.2) is 29.9 Å². The first-order chi connectivity index (χ1) is 29.2. The van der Waals surface area contributed by atoms with Crippen molar-refractivity contribution < 1.29 is 0 Å². The summed E-state index contributed by atoms with van der Waals surface area (Å²) in [5, 5.41) is 3.35. The van der Waals surface area contributed by atoms with Gasteiger partial charge in [-0.1, -0.05) is 170 Å². The van der Waals surface area contributed by atoms with Crippen molar-refractivity contribution in [2.24, 2.45) is 0 Å². The molecule has 0 saturated carbocycles. The van der Waals surface area contributed by atoms with Crippen LogP contribution in [0.1, 0.15) is 0 Å². The van der Waals surface area contributed by atoms with Gasteiger partial charge in [0.05, 0.1) is 15.9 Å². The van der Waals surface area contributed by atoms with Crippen molar-refractivity contribution in [3.63, 3.8) is 0 Å². The van der Waals surface area contributed by atoms with Crippen LogP contribution in [0.15, 0.2) is 194 Å². The van der Waals surface area contributed by atoms with E-state index in [1.165, 1.54) is 0 Å². The number of fused-ring (bicyclic) bond motifs is 4. The first-order valence-corrected chi connectivity index (χ1v) is 20.2. The van der Waals surface area contributed by atoms with Crippen molar-refractivity contribution in [2.45, 2.75) is 0 Å². The van der Waals surface area contributed by atoms with E-state index >= 15 is 0 Å². The third-order valence-electron chi connectivity index (χ3n) is 10.6. The third kappa shape index (κ3) is 6.59. The molecule has 0 N–H and O–H groups in total. The number of rotatable bonds is 7. The summed E-state index contributed by atoms with van der Waals surface area (Å²) < 4.78 is 1.04. The van der Waals surface area contributed by atoms with Gasteiger partial charge in [-0.2, -0.15) is 0 Å². The smallest absolute Gasteiger partial charge is 0.164 e. The van der Waals surface area contributed by atoms with E-state index < -0.39 is 0 Å². The SMILES string of the molecule is c1ccc(-c2nc(-c3ccccc3)nc(-c3ccc(-c4ccc5cc(-c6cnc7sc8c(-c9ccccc9)nc(-c9ccccc9)nc8c7c6)ccc5c4)cc3)n2)cc1. The number of pyridine rings is 1. The van der Waals surface area contributed by atoms with Crippen molar-refractivity contribution in [2.75, 3.05) is 0 Å². The van der Waals surface area contributed by atoms with Crippen molar-refractivity contribution >= 4 is 42.5 Å². The van der Waals surface area contributed by atoms with Gasteiger partial charge in [0.15, 0.2) is 23.3 Å². The molecule has 0 unspecified atom stereocenters. The molecule has 0 spiro atoms. The second-order valence-corrected chi connectivity index (χ2v) is 15.4. The summed E-state index contributed by atoms with van der Waals surface area (Å²) in [5.41, 5.74) is 11.1. The zero-order valence-corrected chi connectivity index (χ0v) is 32.4. The highest BCUT2D eigenvalue weighted by atomic mass is 32.1. The molecular weight excluding hydrogens is 741 g/mol. The van der Waals surface area contributed by atoms with Crippen LogP contribution in [0, 0.1) is 0 Å². The lowest BCUT2D eigenvalue weighted by molar-refractivity contribution is 1.07. The molecule has 0 amide bonds. The molecule has 0 aliphatic carbocycles. The highest BCUT2D eigenvalue weighted by Crippen LogP contribution is 2.40. The number of benzene rings is 7.